The second-order valence-corrected chi connectivity index (χ2v) is 6.36. The Balaban J connectivity index is 2.02. The smallest absolute Gasteiger partial charge is 0.335 e. The SMILES string of the molecule is CCOc1ccc(/C=C2/C(=O)NC(=O)N(c3cccc(C)c3)C2=O)c(OCC)c1. The summed E-state index contributed by atoms with van der Waals surface area (Å²) in [6, 6.07) is 11.3. The first kappa shape index (κ1) is 20.1. The minimum atomic E-state index is -0.778. The lowest BCUT2D eigenvalue weighted by Gasteiger charge is -2.26. The van der Waals surface area contributed by atoms with Crippen molar-refractivity contribution in [3.63, 3.8) is 0 Å². The maximum Gasteiger partial charge on any atom is 0.335 e. The van der Waals surface area contributed by atoms with Gasteiger partial charge in [-0.15, -0.1) is 0 Å². The van der Waals surface area contributed by atoms with Gasteiger partial charge in [-0.25, -0.2) is 9.69 Å². The van der Waals surface area contributed by atoms with Gasteiger partial charge in [0.1, 0.15) is 17.1 Å². The highest BCUT2D eigenvalue weighted by Crippen LogP contribution is 2.29. The number of carbonyl (C=O) groups excluding carboxylic acids is 3. The molecule has 150 valence electrons. The van der Waals surface area contributed by atoms with Crippen LogP contribution in [-0.4, -0.2) is 31.1 Å². The number of nitrogens with one attached hydrogen (secondary N) is 1. The molecule has 0 aliphatic carbocycles. The second kappa shape index (κ2) is 8.60. The van der Waals surface area contributed by atoms with Gasteiger partial charge in [-0.1, -0.05) is 12.1 Å². The molecular weight excluding hydrogens is 372 g/mol. The third-order valence-electron chi connectivity index (χ3n) is 4.26. The van der Waals surface area contributed by atoms with Crippen molar-refractivity contribution in [1.82, 2.24) is 5.32 Å². The Kier molecular flexibility index (Phi) is 5.97. The highest BCUT2D eigenvalue weighted by atomic mass is 16.5. The molecule has 0 saturated carbocycles. The zero-order chi connectivity index (χ0) is 21.0. The summed E-state index contributed by atoms with van der Waals surface area (Å²) in [6.07, 6.45) is 1.42. The lowest BCUT2D eigenvalue weighted by molar-refractivity contribution is -0.122. The molecule has 0 unspecified atom stereocenters. The largest absolute Gasteiger partial charge is 0.494 e. The molecule has 1 heterocycles. The fourth-order valence-corrected chi connectivity index (χ4v) is 2.99. The van der Waals surface area contributed by atoms with Crippen LogP contribution in [0.2, 0.25) is 0 Å². The van der Waals surface area contributed by atoms with Gasteiger partial charge < -0.3 is 9.47 Å². The molecule has 0 radical (unpaired) electrons. The van der Waals surface area contributed by atoms with E-state index in [1.807, 2.05) is 26.8 Å². The molecule has 7 heteroatoms. The Morgan fingerprint density at radius 2 is 1.76 bits per heavy atom. The van der Waals surface area contributed by atoms with Crippen LogP contribution in [0.4, 0.5) is 10.5 Å². The standard InChI is InChI=1S/C22H22N2O5/c1-4-28-17-10-9-15(19(13-17)29-5-2)12-18-20(25)23-22(27)24(21(18)26)16-8-6-7-14(3)11-16/h6-13H,4-5H2,1-3H3,(H,23,25,27)/b18-12-. The average Bonchev–Trinajstić information content (AvgIpc) is 2.67. The first-order chi connectivity index (χ1) is 13.9. The van der Waals surface area contributed by atoms with Crippen LogP contribution in [0.3, 0.4) is 0 Å². The number of hydrogen-bond donors (Lipinski definition) is 1. The van der Waals surface area contributed by atoms with E-state index in [-0.39, 0.29) is 5.57 Å². The fourth-order valence-electron chi connectivity index (χ4n) is 2.99. The van der Waals surface area contributed by atoms with Gasteiger partial charge >= 0.3 is 6.03 Å². The van der Waals surface area contributed by atoms with Gasteiger partial charge in [0.15, 0.2) is 0 Å². The van der Waals surface area contributed by atoms with Gasteiger partial charge in [-0.2, -0.15) is 0 Å². The monoisotopic (exact) mass is 394 g/mol. The zero-order valence-electron chi connectivity index (χ0n) is 16.5. The first-order valence-electron chi connectivity index (χ1n) is 9.32. The maximum atomic E-state index is 13.0. The number of benzene rings is 2. The summed E-state index contributed by atoms with van der Waals surface area (Å²) >= 11 is 0. The third kappa shape index (κ3) is 4.29. The van der Waals surface area contributed by atoms with Gasteiger partial charge in [0.05, 0.1) is 18.9 Å². The lowest BCUT2D eigenvalue weighted by Crippen LogP contribution is -2.54. The molecule has 7 nitrogen and oxygen atoms in total. The Morgan fingerprint density at radius 1 is 1.00 bits per heavy atom. The van der Waals surface area contributed by atoms with E-state index in [9.17, 15) is 14.4 Å². The van der Waals surface area contributed by atoms with Crippen molar-refractivity contribution in [2.24, 2.45) is 0 Å². The van der Waals surface area contributed by atoms with Crippen molar-refractivity contribution >= 4 is 29.6 Å². The molecule has 1 N–H and O–H groups in total. The van der Waals surface area contributed by atoms with E-state index in [0.29, 0.717) is 36.0 Å². The number of ether oxygens (including phenoxy) is 2. The number of carbonyl (C=O) groups is 3. The summed E-state index contributed by atoms with van der Waals surface area (Å²) in [7, 11) is 0. The molecule has 4 amide bonds. The Bertz CT molecular complexity index is 996. The van der Waals surface area contributed by atoms with Crippen LogP contribution in [-0.2, 0) is 9.59 Å². The molecule has 1 aliphatic heterocycles. The number of imide groups is 2. The van der Waals surface area contributed by atoms with Crippen LogP contribution in [0.1, 0.15) is 25.0 Å². The molecule has 1 aliphatic rings. The summed E-state index contributed by atoms with van der Waals surface area (Å²) in [5, 5.41) is 2.22. The van der Waals surface area contributed by atoms with E-state index in [1.54, 1.807) is 36.4 Å². The van der Waals surface area contributed by atoms with E-state index < -0.39 is 17.8 Å². The molecule has 1 saturated heterocycles. The van der Waals surface area contributed by atoms with Gasteiger partial charge in [0.2, 0.25) is 0 Å². The van der Waals surface area contributed by atoms with Crippen molar-refractivity contribution < 1.29 is 23.9 Å². The van der Waals surface area contributed by atoms with Crippen molar-refractivity contribution in [2.45, 2.75) is 20.8 Å². The number of barbiturate groups is 1. The average molecular weight is 394 g/mol. The second-order valence-electron chi connectivity index (χ2n) is 6.36. The minimum Gasteiger partial charge on any atom is -0.494 e. The predicted octanol–water partition coefficient (Wildman–Crippen LogP) is 3.46. The van der Waals surface area contributed by atoms with E-state index in [4.69, 9.17) is 9.47 Å². The molecule has 29 heavy (non-hydrogen) atoms. The number of amides is 4. The highest BCUT2D eigenvalue weighted by Gasteiger charge is 2.37. The number of rotatable bonds is 6. The van der Waals surface area contributed by atoms with Crippen LogP contribution in [0.5, 0.6) is 11.5 Å². The number of anilines is 1. The van der Waals surface area contributed by atoms with Crippen LogP contribution in [0, 0.1) is 6.92 Å². The van der Waals surface area contributed by atoms with E-state index >= 15 is 0 Å². The summed E-state index contributed by atoms with van der Waals surface area (Å²) in [5.41, 5.74) is 1.65. The van der Waals surface area contributed by atoms with Crippen molar-refractivity contribution in [2.75, 3.05) is 18.1 Å². The summed E-state index contributed by atoms with van der Waals surface area (Å²) in [5.74, 6) is -0.347. The highest BCUT2D eigenvalue weighted by molar-refractivity contribution is 6.39. The molecule has 1 fully saturated rings. The number of aryl methyl sites for hydroxylation is 1. The van der Waals surface area contributed by atoms with Gasteiger partial charge in [-0.05, 0) is 56.7 Å². The van der Waals surface area contributed by atoms with E-state index in [0.717, 1.165) is 10.5 Å². The Morgan fingerprint density at radius 3 is 2.45 bits per heavy atom. The minimum absolute atomic E-state index is 0.156. The summed E-state index contributed by atoms with van der Waals surface area (Å²) in [6.45, 7) is 6.46. The molecule has 0 atom stereocenters. The Hall–Kier alpha value is -3.61. The predicted molar refractivity (Wildman–Crippen MR) is 109 cm³/mol. The lowest BCUT2D eigenvalue weighted by atomic mass is 10.1. The third-order valence-corrected chi connectivity index (χ3v) is 4.26. The van der Waals surface area contributed by atoms with Crippen LogP contribution >= 0.6 is 0 Å². The zero-order valence-corrected chi connectivity index (χ0v) is 16.5. The molecule has 0 spiro atoms. The normalized spacial score (nSPS) is 15.5. The molecule has 2 aromatic carbocycles. The van der Waals surface area contributed by atoms with Crippen molar-refractivity contribution in [3.05, 3.63) is 59.2 Å². The van der Waals surface area contributed by atoms with Crippen molar-refractivity contribution in [3.8, 4) is 11.5 Å². The van der Waals surface area contributed by atoms with Gasteiger partial charge in [0.25, 0.3) is 11.8 Å². The van der Waals surface area contributed by atoms with Crippen molar-refractivity contribution in [1.29, 1.82) is 0 Å². The number of urea groups is 1. The first-order valence-corrected chi connectivity index (χ1v) is 9.32. The van der Waals surface area contributed by atoms with E-state index in [2.05, 4.69) is 5.32 Å². The maximum absolute atomic E-state index is 13.0. The summed E-state index contributed by atoms with van der Waals surface area (Å²) in [4.78, 5) is 38.7. The number of hydrogen-bond acceptors (Lipinski definition) is 5. The van der Waals surface area contributed by atoms with Gasteiger partial charge in [-0.3, -0.25) is 14.9 Å². The molecule has 2 aromatic rings. The fraction of sp³-hybridized carbons (Fsp3) is 0.227. The number of nitrogens with zero attached hydrogens (tertiary/aromatic N) is 1. The molecule has 0 aromatic heterocycles. The summed E-state index contributed by atoms with van der Waals surface area (Å²) < 4.78 is 11.1. The topological polar surface area (TPSA) is 84.9 Å². The quantitative estimate of drug-likeness (QED) is 0.599. The molecule has 3 rings (SSSR count). The van der Waals surface area contributed by atoms with Gasteiger partial charge in [0, 0.05) is 11.6 Å². The Labute approximate surface area is 168 Å². The van der Waals surface area contributed by atoms with Crippen LogP contribution in [0.25, 0.3) is 6.08 Å². The molecule has 0 bridgehead atoms. The molecular formula is C22H22N2O5. The van der Waals surface area contributed by atoms with E-state index in [1.165, 1.54) is 6.08 Å². The van der Waals surface area contributed by atoms with Crippen LogP contribution < -0.4 is 19.7 Å². The van der Waals surface area contributed by atoms with Crippen LogP contribution in [0.15, 0.2) is 48.0 Å².